The van der Waals surface area contributed by atoms with E-state index >= 15 is 0 Å². The topological polar surface area (TPSA) is 50.6 Å². The Balaban J connectivity index is 2.27. The van der Waals surface area contributed by atoms with Gasteiger partial charge in [-0.1, -0.05) is 0 Å². The number of aromatic nitrogens is 2. The minimum Gasteiger partial charge on any atom is -0.439 e. The van der Waals surface area contributed by atoms with E-state index in [2.05, 4.69) is 15.0 Å². The van der Waals surface area contributed by atoms with Crippen LogP contribution in [-0.2, 0) is 6.18 Å². The lowest BCUT2D eigenvalue weighted by Gasteiger charge is -2.13. The Morgan fingerprint density at radius 1 is 1.24 bits per heavy atom. The van der Waals surface area contributed by atoms with Crippen molar-refractivity contribution in [2.75, 3.05) is 13.6 Å². The van der Waals surface area contributed by atoms with Gasteiger partial charge in [0.05, 0.1) is 12.0 Å². The number of rotatable bonds is 5. The highest BCUT2D eigenvalue weighted by Gasteiger charge is 2.34. The monoisotopic (exact) mass is 352 g/mol. The van der Waals surface area contributed by atoms with Gasteiger partial charge in [0.25, 0.3) is 0 Å². The second kappa shape index (κ2) is 7.50. The number of alkyl halides is 3. The zero-order valence-electron chi connectivity index (χ0n) is 14.4. The van der Waals surface area contributed by atoms with Crippen molar-refractivity contribution in [3.8, 4) is 11.6 Å². The standard InChI is InChI=1S/C17H19F3N4O/c1-5-24(4)10-22-13-8-12(3)14(9-11(13)2)25-15-6-7-21-16(23-15)17(18,19)20/h6-10H,5H2,1-4H3/b22-10+. The van der Waals surface area contributed by atoms with Gasteiger partial charge in [0.1, 0.15) is 5.75 Å². The van der Waals surface area contributed by atoms with Gasteiger partial charge in [0.15, 0.2) is 0 Å². The van der Waals surface area contributed by atoms with Crippen molar-refractivity contribution in [2.45, 2.75) is 26.9 Å². The predicted molar refractivity (Wildman–Crippen MR) is 89.5 cm³/mol. The van der Waals surface area contributed by atoms with E-state index < -0.39 is 12.0 Å². The summed E-state index contributed by atoms with van der Waals surface area (Å²) in [6.45, 7) is 6.49. The molecule has 25 heavy (non-hydrogen) atoms. The molecule has 0 fully saturated rings. The van der Waals surface area contributed by atoms with Crippen LogP contribution in [0.15, 0.2) is 29.4 Å². The fourth-order valence-corrected chi connectivity index (χ4v) is 1.91. The third-order valence-electron chi connectivity index (χ3n) is 3.48. The molecule has 0 aliphatic heterocycles. The number of ether oxygens (including phenoxy) is 1. The maximum absolute atomic E-state index is 12.7. The summed E-state index contributed by atoms with van der Waals surface area (Å²) in [6, 6.07) is 4.83. The molecule has 0 spiro atoms. The van der Waals surface area contributed by atoms with Gasteiger partial charge in [-0.15, -0.1) is 0 Å². The Morgan fingerprint density at radius 3 is 2.60 bits per heavy atom. The fraction of sp³-hybridized carbons (Fsp3) is 0.353. The van der Waals surface area contributed by atoms with Crippen LogP contribution >= 0.6 is 0 Å². The Kier molecular flexibility index (Phi) is 5.61. The van der Waals surface area contributed by atoms with Crippen LogP contribution in [0.5, 0.6) is 11.6 Å². The summed E-state index contributed by atoms with van der Waals surface area (Å²) in [5.41, 5.74) is 2.35. The van der Waals surface area contributed by atoms with Crippen molar-refractivity contribution in [1.82, 2.24) is 14.9 Å². The van der Waals surface area contributed by atoms with E-state index in [1.54, 1.807) is 19.3 Å². The number of aliphatic imine (C=N–C) groups is 1. The molecule has 0 radical (unpaired) electrons. The molecule has 0 aliphatic rings. The molecule has 134 valence electrons. The summed E-state index contributed by atoms with van der Waals surface area (Å²) in [4.78, 5) is 13.0. The number of halogens is 3. The SMILES string of the molecule is CCN(C)/C=N/c1cc(C)c(Oc2ccnc(C(F)(F)F)n2)cc1C. The molecule has 8 heteroatoms. The van der Waals surface area contributed by atoms with Gasteiger partial charge in [-0.3, -0.25) is 0 Å². The first-order chi connectivity index (χ1) is 11.7. The first kappa shape index (κ1) is 18.7. The minimum atomic E-state index is -4.62. The molecule has 5 nitrogen and oxygen atoms in total. The van der Waals surface area contributed by atoms with Gasteiger partial charge in [0.2, 0.25) is 11.7 Å². The number of nitrogens with zero attached hydrogens (tertiary/aromatic N) is 4. The molecule has 0 atom stereocenters. The van der Waals surface area contributed by atoms with Crippen LogP contribution in [0.1, 0.15) is 23.9 Å². The fourth-order valence-electron chi connectivity index (χ4n) is 1.91. The van der Waals surface area contributed by atoms with Crippen LogP contribution < -0.4 is 4.74 Å². The van der Waals surface area contributed by atoms with E-state index in [4.69, 9.17) is 4.74 Å². The average Bonchev–Trinajstić information content (AvgIpc) is 2.55. The van der Waals surface area contributed by atoms with E-state index in [1.807, 2.05) is 31.9 Å². The molecule has 2 aromatic rings. The quantitative estimate of drug-likeness (QED) is 0.587. The average molecular weight is 352 g/mol. The maximum Gasteiger partial charge on any atom is 0.451 e. The third-order valence-corrected chi connectivity index (χ3v) is 3.48. The van der Waals surface area contributed by atoms with Crippen molar-refractivity contribution in [1.29, 1.82) is 0 Å². The zero-order valence-corrected chi connectivity index (χ0v) is 14.4. The molecule has 1 aromatic heterocycles. The Bertz CT molecular complexity index is 775. The van der Waals surface area contributed by atoms with E-state index in [9.17, 15) is 13.2 Å². The number of benzene rings is 1. The van der Waals surface area contributed by atoms with E-state index in [-0.39, 0.29) is 5.88 Å². The molecule has 0 aliphatic carbocycles. The lowest BCUT2D eigenvalue weighted by Crippen LogP contribution is -2.14. The summed E-state index contributed by atoms with van der Waals surface area (Å²) in [5.74, 6) is -0.970. The van der Waals surface area contributed by atoms with Crippen LogP contribution in [0.3, 0.4) is 0 Å². The summed E-state index contributed by atoms with van der Waals surface area (Å²) in [7, 11) is 1.91. The summed E-state index contributed by atoms with van der Waals surface area (Å²) in [5, 5.41) is 0. The summed E-state index contributed by atoms with van der Waals surface area (Å²) in [6.07, 6.45) is -1.87. The molecule has 0 saturated carbocycles. The molecule has 1 heterocycles. The van der Waals surface area contributed by atoms with Gasteiger partial charge in [-0.2, -0.15) is 18.2 Å². The number of hydrogen-bond acceptors (Lipinski definition) is 4. The molecule has 2 rings (SSSR count). The van der Waals surface area contributed by atoms with Crippen LogP contribution in [0, 0.1) is 13.8 Å². The van der Waals surface area contributed by atoms with Crippen LogP contribution in [0.2, 0.25) is 0 Å². The molecule has 0 bridgehead atoms. The van der Waals surface area contributed by atoms with E-state index in [0.717, 1.165) is 29.6 Å². The van der Waals surface area contributed by atoms with Crippen molar-refractivity contribution in [2.24, 2.45) is 4.99 Å². The zero-order chi connectivity index (χ0) is 18.6. The summed E-state index contributed by atoms with van der Waals surface area (Å²) < 4.78 is 43.6. The van der Waals surface area contributed by atoms with Gasteiger partial charge in [-0.25, -0.2) is 9.98 Å². The Morgan fingerprint density at radius 2 is 1.96 bits per heavy atom. The van der Waals surface area contributed by atoms with Crippen LogP contribution in [-0.4, -0.2) is 34.8 Å². The normalized spacial score (nSPS) is 11.8. The van der Waals surface area contributed by atoms with Crippen molar-refractivity contribution in [3.63, 3.8) is 0 Å². The lowest BCUT2D eigenvalue weighted by atomic mass is 10.1. The van der Waals surface area contributed by atoms with Crippen molar-refractivity contribution >= 4 is 12.0 Å². The van der Waals surface area contributed by atoms with Gasteiger partial charge in [0, 0.05) is 25.9 Å². The van der Waals surface area contributed by atoms with Crippen LogP contribution in [0.4, 0.5) is 18.9 Å². The minimum absolute atomic E-state index is 0.160. The van der Waals surface area contributed by atoms with E-state index in [0.29, 0.717) is 5.75 Å². The van der Waals surface area contributed by atoms with Crippen molar-refractivity contribution < 1.29 is 17.9 Å². The first-order valence-electron chi connectivity index (χ1n) is 7.64. The highest BCUT2D eigenvalue weighted by Crippen LogP contribution is 2.32. The molecule has 1 aromatic carbocycles. The predicted octanol–water partition coefficient (Wildman–Crippen LogP) is 4.52. The second-order valence-corrected chi connectivity index (χ2v) is 5.54. The smallest absolute Gasteiger partial charge is 0.439 e. The van der Waals surface area contributed by atoms with Crippen molar-refractivity contribution in [3.05, 3.63) is 41.3 Å². The molecule has 0 amide bonds. The molecule has 0 N–H and O–H groups in total. The molecule has 0 saturated heterocycles. The highest BCUT2D eigenvalue weighted by molar-refractivity contribution is 5.64. The summed E-state index contributed by atoms with van der Waals surface area (Å²) >= 11 is 0. The molecular formula is C17H19F3N4O. The van der Waals surface area contributed by atoms with E-state index in [1.165, 1.54) is 6.07 Å². The third kappa shape index (κ3) is 4.91. The Labute approximate surface area is 144 Å². The first-order valence-corrected chi connectivity index (χ1v) is 7.64. The maximum atomic E-state index is 12.7. The second-order valence-electron chi connectivity index (χ2n) is 5.54. The lowest BCUT2D eigenvalue weighted by molar-refractivity contribution is -0.145. The highest BCUT2D eigenvalue weighted by atomic mass is 19.4. The van der Waals surface area contributed by atoms with Gasteiger partial charge >= 0.3 is 6.18 Å². The molecule has 0 unspecified atom stereocenters. The molecular weight excluding hydrogens is 333 g/mol. The van der Waals surface area contributed by atoms with Gasteiger partial charge in [-0.05, 0) is 44.0 Å². The van der Waals surface area contributed by atoms with Crippen LogP contribution in [0.25, 0.3) is 0 Å². The van der Waals surface area contributed by atoms with Gasteiger partial charge < -0.3 is 9.64 Å². The largest absolute Gasteiger partial charge is 0.451 e. The number of hydrogen-bond donors (Lipinski definition) is 0. The number of aryl methyl sites for hydroxylation is 2. The Hall–Kier alpha value is -2.64.